The summed E-state index contributed by atoms with van der Waals surface area (Å²) in [4.78, 5) is 17.8. The molecule has 1 saturated heterocycles. The zero-order valence-electron chi connectivity index (χ0n) is 8.64. The van der Waals surface area contributed by atoms with Crippen LogP contribution in [-0.2, 0) is 0 Å². The molecule has 0 saturated carbocycles. The highest BCUT2D eigenvalue weighted by Crippen LogP contribution is 2.15. The first kappa shape index (κ1) is 10.6. The summed E-state index contributed by atoms with van der Waals surface area (Å²) >= 11 is 1.48. The number of thiazole rings is 1. The smallest absolute Gasteiger partial charge is 0.273 e. The second-order valence-corrected chi connectivity index (χ2v) is 4.86. The highest BCUT2D eigenvalue weighted by Gasteiger charge is 2.24. The van der Waals surface area contributed by atoms with Crippen LogP contribution in [0.2, 0.25) is 0 Å². The molecule has 15 heavy (non-hydrogen) atoms. The fourth-order valence-electron chi connectivity index (χ4n) is 1.76. The van der Waals surface area contributed by atoms with E-state index in [2.05, 4.69) is 4.98 Å². The molecule has 1 unspecified atom stereocenters. The van der Waals surface area contributed by atoms with Crippen molar-refractivity contribution in [2.45, 2.75) is 25.9 Å². The number of amides is 1. The Morgan fingerprint density at radius 1 is 1.73 bits per heavy atom. The fourth-order valence-corrected chi connectivity index (χ4v) is 2.35. The number of hydrogen-bond donors (Lipinski definition) is 1. The van der Waals surface area contributed by atoms with Gasteiger partial charge < -0.3 is 10.0 Å². The largest absolute Gasteiger partial charge is 0.391 e. The average Bonchev–Trinajstić information content (AvgIpc) is 2.64. The van der Waals surface area contributed by atoms with Gasteiger partial charge in [-0.1, -0.05) is 0 Å². The minimum atomic E-state index is -0.373. The van der Waals surface area contributed by atoms with Crippen molar-refractivity contribution in [1.82, 2.24) is 9.88 Å². The van der Waals surface area contributed by atoms with Crippen molar-refractivity contribution in [1.29, 1.82) is 0 Å². The maximum Gasteiger partial charge on any atom is 0.273 e. The third-order valence-corrected chi connectivity index (χ3v) is 3.30. The Labute approximate surface area is 92.6 Å². The van der Waals surface area contributed by atoms with Gasteiger partial charge in [0.05, 0.1) is 11.1 Å². The van der Waals surface area contributed by atoms with E-state index < -0.39 is 0 Å². The van der Waals surface area contributed by atoms with Gasteiger partial charge in [-0.2, -0.15) is 0 Å². The molecule has 1 atom stereocenters. The van der Waals surface area contributed by atoms with Crippen molar-refractivity contribution in [2.75, 3.05) is 13.1 Å². The number of aryl methyl sites for hydroxylation is 1. The Kier molecular flexibility index (Phi) is 3.02. The number of β-amino-alcohol motifs (C(OH)–C–C–N with tert-alkyl or cyclic N) is 1. The van der Waals surface area contributed by atoms with Crippen LogP contribution in [0.4, 0.5) is 0 Å². The third kappa shape index (κ3) is 2.35. The van der Waals surface area contributed by atoms with Gasteiger partial charge in [0.1, 0.15) is 5.69 Å². The Morgan fingerprint density at radius 3 is 3.13 bits per heavy atom. The normalized spacial score (nSPS) is 21.7. The lowest BCUT2D eigenvalue weighted by molar-refractivity contribution is 0.0469. The molecule has 0 aromatic carbocycles. The van der Waals surface area contributed by atoms with Crippen LogP contribution >= 0.6 is 11.3 Å². The third-order valence-electron chi connectivity index (χ3n) is 2.52. The molecule has 0 bridgehead atoms. The Morgan fingerprint density at radius 2 is 2.53 bits per heavy atom. The molecule has 1 fully saturated rings. The first-order valence-electron chi connectivity index (χ1n) is 5.06. The first-order valence-corrected chi connectivity index (χ1v) is 5.94. The second kappa shape index (κ2) is 4.28. The minimum Gasteiger partial charge on any atom is -0.391 e. The number of likely N-dealkylation sites (tertiary alicyclic amines) is 1. The topological polar surface area (TPSA) is 53.4 Å². The van der Waals surface area contributed by atoms with E-state index in [4.69, 9.17) is 0 Å². The van der Waals surface area contributed by atoms with Crippen LogP contribution in [0.3, 0.4) is 0 Å². The van der Waals surface area contributed by atoms with Gasteiger partial charge in [0.25, 0.3) is 5.91 Å². The van der Waals surface area contributed by atoms with Crippen molar-refractivity contribution >= 4 is 17.2 Å². The van der Waals surface area contributed by atoms with E-state index in [-0.39, 0.29) is 12.0 Å². The van der Waals surface area contributed by atoms with Gasteiger partial charge in [-0.25, -0.2) is 4.98 Å². The molecule has 0 spiro atoms. The number of carbonyl (C=O) groups is 1. The van der Waals surface area contributed by atoms with Gasteiger partial charge in [-0.15, -0.1) is 11.3 Å². The standard InChI is InChI=1S/C10H14N2O2S/c1-7-11-9(6-15-7)10(14)12-4-2-3-8(13)5-12/h6,8,13H,2-5H2,1H3. The number of aliphatic hydroxyl groups is 1. The molecule has 82 valence electrons. The van der Waals surface area contributed by atoms with E-state index >= 15 is 0 Å². The van der Waals surface area contributed by atoms with Crippen LogP contribution in [0.15, 0.2) is 5.38 Å². The highest BCUT2D eigenvalue weighted by atomic mass is 32.1. The monoisotopic (exact) mass is 226 g/mol. The summed E-state index contributed by atoms with van der Waals surface area (Å²) in [6.45, 7) is 3.05. The zero-order valence-corrected chi connectivity index (χ0v) is 9.46. The minimum absolute atomic E-state index is 0.0573. The molecule has 0 aliphatic carbocycles. The van der Waals surface area contributed by atoms with Gasteiger partial charge >= 0.3 is 0 Å². The molecule has 2 rings (SSSR count). The molecule has 5 heteroatoms. The molecule has 1 aliphatic rings. The van der Waals surface area contributed by atoms with Crippen molar-refractivity contribution in [3.8, 4) is 0 Å². The predicted molar refractivity (Wildman–Crippen MR) is 58.0 cm³/mol. The lowest BCUT2D eigenvalue weighted by Crippen LogP contribution is -2.42. The van der Waals surface area contributed by atoms with Gasteiger partial charge in [0.2, 0.25) is 0 Å². The maximum absolute atomic E-state index is 11.9. The van der Waals surface area contributed by atoms with Crippen molar-refractivity contribution in [3.63, 3.8) is 0 Å². The predicted octanol–water partition coefficient (Wildman–Crippen LogP) is 1.05. The van der Waals surface area contributed by atoms with E-state index in [0.29, 0.717) is 12.2 Å². The summed E-state index contributed by atoms with van der Waals surface area (Å²) in [5, 5.41) is 12.1. The van der Waals surface area contributed by atoms with Crippen LogP contribution in [0.1, 0.15) is 28.3 Å². The van der Waals surface area contributed by atoms with Crippen LogP contribution in [0.25, 0.3) is 0 Å². The number of carbonyl (C=O) groups excluding carboxylic acids is 1. The van der Waals surface area contributed by atoms with Gasteiger partial charge in [0.15, 0.2) is 0 Å². The number of aromatic nitrogens is 1. The van der Waals surface area contributed by atoms with E-state index in [1.807, 2.05) is 6.92 Å². The molecular formula is C10H14N2O2S. The van der Waals surface area contributed by atoms with Crippen molar-refractivity contribution < 1.29 is 9.90 Å². The quantitative estimate of drug-likeness (QED) is 0.778. The molecule has 0 radical (unpaired) electrons. The maximum atomic E-state index is 11.9. The van der Waals surface area contributed by atoms with Crippen LogP contribution in [0.5, 0.6) is 0 Å². The summed E-state index contributed by atoms with van der Waals surface area (Å²) in [6, 6.07) is 0. The van der Waals surface area contributed by atoms with Crippen molar-refractivity contribution in [2.24, 2.45) is 0 Å². The van der Waals surface area contributed by atoms with Crippen molar-refractivity contribution in [3.05, 3.63) is 16.1 Å². The van der Waals surface area contributed by atoms with Crippen LogP contribution in [-0.4, -0.2) is 40.1 Å². The Balaban J connectivity index is 2.07. The molecule has 1 aliphatic heterocycles. The number of aliphatic hydroxyl groups excluding tert-OH is 1. The molecule has 2 heterocycles. The number of rotatable bonds is 1. The summed E-state index contributed by atoms with van der Waals surface area (Å²) in [5.74, 6) is -0.0573. The van der Waals surface area contributed by atoms with Gasteiger partial charge in [0, 0.05) is 18.5 Å². The fraction of sp³-hybridized carbons (Fsp3) is 0.600. The van der Waals surface area contributed by atoms with E-state index in [1.165, 1.54) is 11.3 Å². The number of hydrogen-bond acceptors (Lipinski definition) is 4. The molecule has 1 aromatic heterocycles. The Bertz CT molecular complexity index is 364. The lowest BCUT2D eigenvalue weighted by Gasteiger charge is -2.29. The van der Waals surface area contributed by atoms with E-state index in [9.17, 15) is 9.90 Å². The molecular weight excluding hydrogens is 212 g/mol. The molecule has 1 amide bonds. The van der Waals surface area contributed by atoms with Gasteiger partial charge in [-0.05, 0) is 19.8 Å². The molecule has 4 nitrogen and oxygen atoms in total. The summed E-state index contributed by atoms with van der Waals surface area (Å²) in [6.07, 6.45) is 1.29. The number of piperidine rings is 1. The second-order valence-electron chi connectivity index (χ2n) is 3.80. The molecule has 1 N–H and O–H groups in total. The van der Waals surface area contributed by atoms with Gasteiger partial charge in [-0.3, -0.25) is 4.79 Å². The number of nitrogens with zero attached hydrogens (tertiary/aromatic N) is 2. The summed E-state index contributed by atoms with van der Waals surface area (Å²) in [7, 11) is 0. The zero-order chi connectivity index (χ0) is 10.8. The average molecular weight is 226 g/mol. The SMILES string of the molecule is Cc1nc(C(=O)N2CCCC(O)C2)cs1. The first-order chi connectivity index (χ1) is 7.16. The van der Waals surface area contributed by atoms with Crippen LogP contribution in [0, 0.1) is 6.92 Å². The lowest BCUT2D eigenvalue weighted by atomic mass is 10.1. The van der Waals surface area contributed by atoms with Crippen LogP contribution < -0.4 is 0 Å². The van der Waals surface area contributed by atoms with E-state index in [0.717, 1.165) is 24.4 Å². The summed E-state index contributed by atoms with van der Waals surface area (Å²) in [5.41, 5.74) is 0.506. The molecule has 1 aromatic rings. The Hall–Kier alpha value is -0.940. The highest BCUT2D eigenvalue weighted by molar-refractivity contribution is 7.09. The summed E-state index contributed by atoms with van der Waals surface area (Å²) < 4.78 is 0. The van der Waals surface area contributed by atoms with E-state index in [1.54, 1.807) is 10.3 Å².